The summed E-state index contributed by atoms with van der Waals surface area (Å²) in [7, 11) is 0. The maximum Gasteiger partial charge on any atom is 0.164 e. The lowest BCUT2D eigenvalue weighted by Crippen LogP contribution is -2.02. The van der Waals surface area contributed by atoms with Crippen LogP contribution in [0.2, 0.25) is 0 Å². The van der Waals surface area contributed by atoms with E-state index in [4.69, 9.17) is 15.0 Å². The van der Waals surface area contributed by atoms with Crippen molar-refractivity contribution in [2.24, 2.45) is 0 Å². The van der Waals surface area contributed by atoms with Crippen LogP contribution in [-0.2, 0) is 0 Å². The Morgan fingerprint density at radius 2 is 0.950 bits per heavy atom. The van der Waals surface area contributed by atoms with Gasteiger partial charge in [0.15, 0.2) is 17.5 Å². The number of thiophene rings is 1. The fourth-order valence-electron chi connectivity index (χ4n) is 8.85. The fourth-order valence-corrected chi connectivity index (χ4v) is 10.1. The van der Waals surface area contributed by atoms with Crippen LogP contribution < -0.4 is 0 Å². The molecular weight excluding hydrogens is 749 g/mol. The maximum absolute atomic E-state index is 5.30. The highest BCUT2D eigenvalue weighted by molar-refractivity contribution is 7.26. The van der Waals surface area contributed by atoms with Crippen molar-refractivity contribution in [3.05, 3.63) is 206 Å². The van der Waals surface area contributed by atoms with E-state index in [1.165, 1.54) is 52.8 Å². The zero-order valence-corrected chi connectivity index (χ0v) is 33.1. The van der Waals surface area contributed by atoms with Gasteiger partial charge in [-0.05, 0) is 46.3 Å². The zero-order chi connectivity index (χ0) is 39.6. The van der Waals surface area contributed by atoms with Crippen molar-refractivity contribution in [1.29, 1.82) is 0 Å². The molecular formula is C55H34N4S. The Morgan fingerprint density at radius 1 is 0.350 bits per heavy atom. The van der Waals surface area contributed by atoms with E-state index in [0.717, 1.165) is 44.6 Å². The molecule has 60 heavy (non-hydrogen) atoms. The van der Waals surface area contributed by atoms with Gasteiger partial charge in [-0.2, -0.15) is 0 Å². The van der Waals surface area contributed by atoms with Gasteiger partial charge < -0.3 is 4.57 Å². The number of para-hydroxylation sites is 1. The van der Waals surface area contributed by atoms with Crippen LogP contribution in [0.25, 0.3) is 115 Å². The van der Waals surface area contributed by atoms with Gasteiger partial charge in [-0.3, -0.25) is 0 Å². The molecule has 280 valence electrons. The van der Waals surface area contributed by atoms with Gasteiger partial charge in [0, 0.05) is 58.6 Å². The molecule has 0 aliphatic heterocycles. The smallest absolute Gasteiger partial charge is 0.164 e. The number of hydrogen-bond donors (Lipinski definition) is 0. The molecule has 0 atom stereocenters. The summed E-state index contributed by atoms with van der Waals surface area (Å²) in [5.41, 5.74) is 10.7. The van der Waals surface area contributed by atoms with Crippen LogP contribution >= 0.6 is 11.3 Å². The lowest BCUT2D eigenvalue weighted by atomic mass is 10.00. The summed E-state index contributed by atoms with van der Waals surface area (Å²) < 4.78 is 5.01. The van der Waals surface area contributed by atoms with Crippen LogP contribution in [0.1, 0.15) is 0 Å². The molecule has 0 fully saturated rings. The van der Waals surface area contributed by atoms with Gasteiger partial charge in [0.2, 0.25) is 0 Å². The van der Waals surface area contributed by atoms with Crippen molar-refractivity contribution in [2.75, 3.05) is 0 Å². The molecule has 5 heteroatoms. The SMILES string of the molecule is c1ccc(-c2nc(-c3cccc(-c4cccc5c4sc4ccccc45)c3)nc(-c3ccc(-c4ccccc4)c(-n4c5ccccc5c5ccc6ccccc6c54)c3)n2)cc1. The van der Waals surface area contributed by atoms with E-state index in [-0.39, 0.29) is 0 Å². The largest absolute Gasteiger partial charge is 0.308 e. The first kappa shape index (κ1) is 34.3. The summed E-state index contributed by atoms with van der Waals surface area (Å²) in [6.45, 7) is 0. The standard InChI is InChI=1S/C55H34N4S/c1-3-15-35(16-4-1)41-31-30-40(34-49(41)59-48-27-11-9-23-44(48)46-32-29-36-17-7-8-22-42(36)51(46)59)55-57-53(37-18-5-2-6-19-37)56-54(58-55)39-21-13-20-38(33-39)43-25-14-26-47-45-24-10-12-28-50(45)60-52(43)47/h1-34H. The molecule has 12 rings (SSSR count). The van der Waals surface area contributed by atoms with Crippen LogP contribution in [0.4, 0.5) is 0 Å². The molecule has 9 aromatic carbocycles. The average molecular weight is 783 g/mol. The van der Waals surface area contributed by atoms with Crippen molar-refractivity contribution in [3.8, 4) is 62.1 Å². The molecule has 0 radical (unpaired) electrons. The Morgan fingerprint density at radius 3 is 1.77 bits per heavy atom. The molecule has 0 aliphatic carbocycles. The molecule has 3 heterocycles. The van der Waals surface area contributed by atoms with Crippen LogP contribution in [0.15, 0.2) is 206 Å². The molecule has 0 amide bonds. The fraction of sp³-hybridized carbons (Fsp3) is 0. The summed E-state index contributed by atoms with van der Waals surface area (Å²) in [5, 5.41) is 7.40. The molecule has 0 unspecified atom stereocenters. The molecule has 0 saturated heterocycles. The van der Waals surface area contributed by atoms with E-state index in [1.54, 1.807) is 0 Å². The third-order valence-electron chi connectivity index (χ3n) is 11.6. The van der Waals surface area contributed by atoms with E-state index in [9.17, 15) is 0 Å². The maximum atomic E-state index is 5.30. The van der Waals surface area contributed by atoms with E-state index in [0.29, 0.717) is 17.5 Å². The molecule has 0 aliphatic rings. The summed E-state index contributed by atoms with van der Waals surface area (Å²) >= 11 is 1.84. The van der Waals surface area contributed by atoms with E-state index >= 15 is 0 Å². The minimum Gasteiger partial charge on any atom is -0.308 e. The first-order valence-electron chi connectivity index (χ1n) is 20.2. The Bertz CT molecular complexity index is 3610. The second-order valence-electron chi connectivity index (χ2n) is 15.2. The van der Waals surface area contributed by atoms with E-state index in [1.807, 2.05) is 29.5 Å². The van der Waals surface area contributed by atoms with Gasteiger partial charge >= 0.3 is 0 Å². The van der Waals surface area contributed by atoms with Crippen LogP contribution in [0, 0.1) is 0 Å². The minimum atomic E-state index is 0.613. The van der Waals surface area contributed by atoms with Crippen LogP contribution in [0.5, 0.6) is 0 Å². The lowest BCUT2D eigenvalue weighted by Gasteiger charge is -2.17. The molecule has 0 spiro atoms. The highest BCUT2D eigenvalue weighted by atomic mass is 32.1. The van der Waals surface area contributed by atoms with Gasteiger partial charge in [0.25, 0.3) is 0 Å². The highest BCUT2D eigenvalue weighted by Crippen LogP contribution is 2.42. The first-order valence-corrected chi connectivity index (χ1v) is 21.0. The number of hydrogen-bond acceptors (Lipinski definition) is 4. The van der Waals surface area contributed by atoms with Gasteiger partial charge in [-0.15, -0.1) is 11.3 Å². The Labute approximate surface area is 350 Å². The molecule has 0 saturated carbocycles. The Balaban J connectivity index is 1.09. The topological polar surface area (TPSA) is 43.6 Å². The molecule has 3 aromatic heterocycles. The second kappa shape index (κ2) is 14.0. The minimum absolute atomic E-state index is 0.613. The lowest BCUT2D eigenvalue weighted by molar-refractivity contribution is 1.07. The predicted octanol–water partition coefficient (Wildman–Crippen LogP) is 14.8. The highest BCUT2D eigenvalue weighted by Gasteiger charge is 2.21. The number of nitrogens with zero attached hydrogens (tertiary/aromatic N) is 4. The summed E-state index contributed by atoms with van der Waals surface area (Å²) in [6.07, 6.45) is 0. The summed E-state index contributed by atoms with van der Waals surface area (Å²) in [5.74, 6) is 1.87. The number of benzene rings is 9. The van der Waals surface area contributed by atoms with Crippen LogP contribution in [-0.4, -0.2) is 19.5 Å². The molecule has 0 N–H and O–H groups in total. The number of rotatable bonds is 6. The predicted molar refractivity (Wildman–Crippen MR) is 252 cm³/mol. The van der Waals surface area contributed by atoms with Gasteiger partial charge in [0.1, 0.15) is 0 Å². The van der Waals surface area contributed by atoms with Gasteiger partial charge in [-0.1, -0.05) is 182 Å². The quantitative estimate of drug-likeness (QED) is 0.169. The van der Waals surface area contributed by atoms with Gasteiger partial charge in [-0.25, -0.2) is 15.0 Å². The molecule has 4 nitrogen and oxygen atoms in total. The molecule has 0 bridgehead atoms. The molecule has 12 aromatic rings. The monoisotopic (exact) mass is 782 g/mol. The van der Waals surface area contributed by atoms with Crippen molar-refractivity contribution in [3.63, 3.8) is 0 Å². The second-order valence-corrected chi connectivity index (χ2v) is 16.2. The van der Waals surface area contributed by atoms with Crippen molar-refractivity contribution >= 4 is 64.1 Å². The third kappa shape index (κ3) is 5.63. The summed E-state index contributed by atoms with van der Waals surface area (Å²) in [6, 6.07) is 73.3. The van der Waals surface area contributed by atoms with Crippen molar-refractivity contribution in [1.82, 2.24) is 19.5 Å². The van der Waals surface area contributed by atoms with Crippen molar-refractivity contribution in [2.45, 2.75) is 0 Å². The number of fused-ring (bicyclic) bond motifs is 8. The third-order valence-corrected chi connectivity index (χ3v) is 12.9. The van der Waals surface area contributed by atoms with Gasteiger partial charge in [0.05, 0.1) is 16.7 Å². The summed E-state index contributed by atoms with van der Waals surface area (Å²) in [4.78, 5) is 15.7. The van der Waals surface area contributed by atoms with E-state index < -0.39 is 0 Å². The van der Waals surface area contributed by atoms with E-state index in [2.05, 4.69) is 193 Å². The zero-order valence-electron chi connectivity index (χ0n) is 32.3. The Hall–Kier alpha value is -7.73. The Kier molecular flexibility index (Phi) is 8.00. The number of aromatic nitrogens is 4. The normalized spacial score (nSPS) is 11.7. The first-order chi connectivity index (χ1) is 29.7. The van der Waals surface area contributed by atoms with Crippen LogP contribution in [0.3, 0.4) is 0 Å². The van der Waals surface area contributed by atoms with Crippen molar-refractivity contribution < 1.29 is 0 Å². The average Bonchev–Trinajstić information content (AvgIpc) is 3.88.